The Bertz CT molecular complexity index is 302. The Balaban J connectivity index is 2.84. The highest BCUT2D eigenvalue weighted by molar-refractivity contribution is 5.01. The maximum absolute atomic E-state index is 8.76. The van der Waals surface area contributed by atoms with Gasteiger partial charge in [-0.2, -0.15) is 5.26 Å². The van der Waals surface area contributed by atoms with Crippen LogP contribution in [-0.2, 0) is 4.74 Å². The van der Waals surface area contributed by atoms with Crippen LogP contribution in [0.25, 0.3) is 0 Å². The minimum atomic E-state index is -0.136. The maximum atomic E-state index is 8.76. The summed E-state index contributed by atoms with van der Waals surface area (Å²) in [6.07, 6.45) is 1.62. The van der Waals surface area contributed by atoms with Crippen LogP contribution in [0.1, 0.15) is 54.4 Å². The lowest BCUT2D eigenvalue weighted by molar-refractivity contribution is -0.0829. The number of hydrogen-bond acceptors (Lipinski definition) is 3. The van der Waals surface area contributed by atoms with Crippen molar-refractivity contribution in [2.45, 2.75) is 77.7 Å². The first-order chi connectivity index (χ1) is 7.69. The van der Waals surface area contributed by atoms with E-state index in [0.29, 0.717) is 18.5 Å². The van der Waals surface area contributed by atoms with Crippen molar-refractivity contribution in [3.05, 3.63) is 0 Å². The van der Waals surface area contributed by atoms with Gasteiger partial charge in [-0.15, -0.1) is 0 Å². The van der Waals surface area contributed by atoms with Gasteiger partial charge in [-0.1, -0.05) is 0 Å². The van der Waals surface area contributed by atoms with Gasteiger partial charge in [-0.25, -0.2) is 0 Å². The average Bonchev–Trinajstić information content (AvgIpc) is 2.35. The molecule has 0 aliphatic carbocycles. The molecule has 3 nitrogen and oxygen atoms in total. The second-order valence-electron chi connectivity index (χ2n) is 6.42. The molecule has 0 amide bonds. The Kier molecular flexibility index (Phi) is 4.22. The molecule has 1 heterocycles. The van der Waals surface area contributed by atoms with Crippen LogP contribution in [0.5, 0.6) is 0 Å². The van der Waals surface area contributed by atoms with Gasteiger partial charge in [0.15, 0.2) is 0 Å². The van der Waals surface area contributed by atoms with Crippen molar-refractivity contribution >= 4 is 0 Å². The molecule has 0 bridgehead atoms. The number of nitrogens with zero attached hydrogens (tertiary/aromatic N) is 2. The summed E-state index contributed by atoms with van der Waals surface area (Å²) >= 11 is 0. The van der Waals surface area contributed by atoms with E-state index in [1.807, 2.05) is 0 Å². The largest absolute Gasteiger partial charge is 0.368 e. The normalized spacial score (nSPS) is 26.4. The summed E-state index contributed by atoms with van der Waals surface area (Å²) < 4.78 is 6.14. The van der Waals surface area contributed by atoms with E-state index in [2.05, 4.69) is 52.5 Å². The van der Waals surface area contributed by atoms with Crippen molar-refractivity contribution in [3.8, 4) is 6.07 Å². The second kappa shape index (κ2) is 4.96. The van der Waals surface area contributed by atoms with E-state index in [-0.39, 0.29) is 11.2 Å². The fourth-order valence-corrected chi connectivity index (χ4v) is 3.00. The van der Waals surface area contributed by atoms with Crippen molar-refractivity contribution < 1.29 is 4.74 Å². The first kappa shape index (κ1) is 14.5. The lowest BCUT2D eigenvalue weighted by Gasteiger charge is -2.38. The molecule has 0 aromatic heterocycles. The summed E-state index contributed by atoms with van der Waals surface area (Å²) in [5.74, 6) is 0. The first-order valence-electron chi connectivity index (χ1n) is 6.52. The summed E-state index contributed by atoms with van der Waals surface area (Å²) in [4.78, 5) is 2.41. The fourth-order valence-electron chi connectivity index (χ4n) is 3.00. The highest BCUT2D eigenvalue weighted by atomic mass is 16.5. The van der Waals surface area contributed by atoms with Crippen molar-refractivity contribution in [1.82, 2.24) is 4.90 Å². The Hall–Kier alpha value is -0.590. The molecule has 17 heavy (non-hydrogen) atoms. The fraction of sp³-hybridized carbons (Fsp3) is 0.929. The lowest BCUT2D eigenvalue weighted by Crippen LogP contribution is -2.49. The molecular weight excluding hydrogens is 212 g/mol. The Morgan fingerprint density at radius 2 is 1.94 bits per heavy atom. The summed E-state index contributed by atoms with van der Waals surface area (Å²) in [5, 5.41) is 8.76. The van der Waals surface area contributed by atoms with Crippen LogP contribution < -0.4 is 0 Å². The monoisotopic (exact) mass is 238 g/mol. The molecule has 0 N–H and O–H groups in total. The van der Waals surface area contributed by atoms with Crippen molar-refractivity contribution in [2.24, 2.45) is 0 Å². The van der Waals surface area contributed by atoms with Gasteiger partial charge in [0.25, 0.3) is 0 Å². The summed E-state index contributed by atoms with van der Waals surface area (Å²) in [6.45, 7) is 13.8. The van der Waals surface area contributed by atoms with Crippen LogP contribution >= 0.6 is 0 Å². The minimum absolute atomic E-state index is 0.0616. The van der Waals surface area contributed by atoms with E-state index in [4.69, 9.17) is 10.00 Å². The van der Waals surface area contributed by atoms with Gasteiger partial charge in [0.2, 0.25) is 0 Å². The van der Waals surface area contributed by atoms with E-state index < -0.39 is 0 Å². The molecule has 3 heteroatoms. The molecule has 0 radical (unpaired) electrons. The topological polar surface area (TPSA) is 36.3 Å². The molecule has 0 spiro atoms. The number of ether oxygens (including phenoxy) is 1. The molecule has 98 valence electrons. The van der Waals surface area contributed by atoms with E-state index >= 15 is 0 Å². The van der Waals surface area contributed by atoms with Crippen molar-refractivity contribution in [1.29, 1.82) is 5.26 Å². The predicted molar refractivity (Wildman–Crippen MR) is 69.7 cm³/mol. The number of hydrogen-bond donors (Lipinski definition) is 0. The molecular formula is C14H26N2O. The summed E-state index contributed by atoms with van der Waals surface area (Å²) in [7, 11) is 0. The van der Waals surface area contributed by atoms with Crippen LogP contribution in [0.2, 0.25) is 0 Å². The maximum Gasteiger partial charge on any atom is 0.0789 e. The highest BCUT2D eigenvalue weighted by Gasteiger charge is 2.48. The van der Waals surface area contributed by atoms with Crippen LogP contribution in [0.3, 0.4) is 0 Å². The second-order valence-corrected chi connectivity index (χ2v) is 6.42. The van der Waals surface area contributed by atoms with Gasteiger partial charge in [0.05, 0.1) is 17.3 Å². The minimum Gasteiger partial charge on any atom is -0.368 e. The molecule has 1 fully saturated rings. The summed E-state index contributed by atoms with van der Waals surface area (Å²) in [6, 6.07) is 3.09. The summed E-state index contributed by atoms with van der Waals surface area (Å²) in [5.41, 5.74) is -0.197. The molecule has 1 rings (SSSR count). The highest BCUT2D eigenvalue weighted by Crippen LogP contribution is 2.40. The number of rotatable bonds is 4. The van der Waals surface area contributed by atoms with Crippen LogP contribution in [-0.4, -0.2) is 34.7 Å². The van der Waals surface area contributed by atoms with E-state index in [1.54, 1.807) is 0 Å². The smallest absolute Gasteiger partial charge is 0.0789 e. The zero-order valence-corrected chi connectivity index (χ0v) is 12.1. The van der Waals surface area contributed by atoms with E-state index in [9.17, 15) is 0 Å². The quantitative estimate of drug-likeness (QED) is 0.755. The molecule has 1 aliphatic rings. The van der Waals surface area contributed by atoms with Gasteiger partial charge in [-0.05, 0) is 48.0 Å². The van der Waals surface area contributed by atoms with Crippen molar-refractivity contribution in [2.75, 3.05) is 6.54 Å². The Morgan fingerprint density at radius 1 is 1.35 bits per heavy atom. The molecule has 1 unspecified atom stereocenters. The van der Waals surface area contributed by atoms with Gasteiger partial charge < -0.3 is 4.74 Å². The zero-order valence-electron chi connectivity index (χ0n) is 12.1. The van der Waals surface area contributed by atoms with E-state index in [0.717, 1.165) is 13.0 Å². The predicted octanol–water partition coefficient (Wildman–Crippen LogP) is 2.96. The van der Waals surface area contributed by atoms with Gasteiger partial charge >= 0.3 is 0 Å². The lowest BCUT2D eigenvalue weighted by atomic mass is 9.92. The average molecular weight is 238 g/mol. The third kappa shape index (κ3) is 3.43. The van der Waals surface area contributed by atoms with Crippen LogP contribution in [0.15, 0.2) is 0 Å². The first-order valence-corrected chi connectivity index (χ1v) is 6.52. The molecule has 0 aromatic rings. The standard InChI is InChI=1S/C14H26N2O/c1-11(2)16(9-7-8-15)12-10-13(3,4)17-14(12,5)6/h11-12H,7,9-10H2,1-6H3. The van der Waals surface area contributed by atoms with Crippen molar-refractivity contribution in [3.63, 3.8) is 0 Å². The van der Waals surface area contributed by atoms with Gasteiger partial charge in [-0.3, -0.25) is 4.90 Å². The van der Waals surface area contributed by atoms with E-state index in [1.165, 1.54) is 0 Å². The van der Waals surface area contributed by atoms with Gasteiger partial charge in [0, 0.05) is 25.0 Å². The van der Waals surface area contributed by atoms with Crippen LogP contribution in [0, 0.1) is 11.3 Å². The SMILES string of the molecule is CC(C)N(CCC#N)C1CC(C)(C)OC1(C)C. The zero-order chi connectivity index (χ0) is 13.3. The molecule has 0 aromatic carbocycles. The molecule has 0 saturated carbocycles. The van der Waals surface area contributed by atoms with Crippen LogP contribution in [0.4, 0.5) is 0 Å². The third-order valence-corrected chi connectivity index (χ3v) is 3.57. The molecule has 1 saturated heterocycles. The Morgan fingerprint density at radius 3 is 2.29 bits per heavy atom. The third-order valence-electron chi connectivity index (χ3n) is 3.57. The number of nitriles is 1. The molecule has 1 atom stereocenters. The molecule has 1 aliphatic heterocycles. The van der Waals surface area contributed by atoms with Gasteiger partial charge in [0.1, 0.15) is 0 Å². The Labute approximate surface area is 106 Å².